The van der Waals surface area contributed by atoms with Crippen molar-refractivity contribution in [3.63, 3.8) is 0 Å². The zero-order valence-electron chi connectivity index (χ0n) is 25.5. The van der Waals surface area contributed by atoms with Crippen molar-refractivity contribution in [2.24, 2.45) is 40.4 Å². The minimum Gasteiger partial charge on any atom is -0.463 e. The summed E-state index contributed by atoms with van der Waals surface area (Å²) in [4.78, 5) is 26.0. The molecule has 0 saturated heterocycles. The molecule has 0 spiro atoms. The van der Waals surface area contributed by atoms with Gasteiger partial charge in [-0.1, -0.05) is 108 Å². The van der Waals surface area contributed by atoms with Gasteiger partial charge in [0.25, 0.3) is 0 Å². The maximum atomic E-state index is 14.5. The van der Waals surface area contributed by atoms with Crippen LogP contribution in [-0.2, 0) is 14.3 Å². The maximum absolute atomic E-state index is 14.5. The van der Waals surface area contributed by atoms with E-state index >= 15 is 0 Å². The van der Waals surface area contributed by atoms with Gasteiger partial charge in [0.15, 0.2) is 5.78 Å². The second-order valence-corrected chi connectivity index (χ2v) is 14.9. The van der Waals surface area contributed by atoms with Gasteiger partial charge in [0, 0.05) is 12.8 Å². The van der Waals surface area contributed by atoms with Crippen LogP contribution in [0.3, 0.4) is 0 Å². The lowest BCUT2D eigenvalue weighted by Gasteiger charge is -2.61. The highest BCUT2D eigenvalue weighted by Crippen LogP contribution is 2.68. The van der Waals surface area contributed by atoms with E-state index in [-0.39, 0.29) is 33.6 Å². The Morgan fingerprint density at radius 1 is 0.881 bits per heavy atom. The fraction of sp³-hybridized carbons (Fsp3) is 0.526. The first kappa shape index (κ1) is 29.6. The van der Waals surface area contributed by atoms with E-state index in [2.05, 4.69) is 110 Å². The third-order valence-corrected chi connectivity index (χ3v) is 13.4. The highest BCUT2D eigenvalue weighted by atomic mass is 79.9. The van der Waals surface area contributed by atoms with E-state index in [1.54, 1.807) is 0 Å². The van der Waals surface area contributed by atoms with Gasteiger partial charge in [-0.15, -0.1) is 0 Å². The molecule has 0 heterocycles. The molecule has 4 fully saturated rings. The first-order valence-corrected chi connectivity index (χ1v) is 16.9. The number of Topliss-reactive ketones (excluding diaryl/α,β-unsaturated/α-hetero) is 1. The molecule has 4 aliphatic carbocycles. The van der Waals surface area contributed by atoms with E-state index in [0.29, 0.717) is 29.5 Å². The van der Waals surface area contributed by atoms with E-state index in [9.17, 15) is 9.59 Å². The summed E-state index contributed by atoms with van der Waals surface area (Å²) in [6.07, 6.45) is 12.0. The van der Waals surface area contributed by atoms with Gasteiger partial charge >= 0.3 is 5.97 Å². The zero-order valence-corrected chi connectivity index (χ0v) is 27.1. The van der Waals surface area contributed by atoms with Crippen LogP contribution < -0.4 is 0 Å². The molecule has 0 amide bonds. The monoisotopic (exact) mass is 628 g/mol. The van der Waals surface area contributed by atoms with Gasteiger partial charge < -0.3 is 4.74 Å². The van der Waals surface area contributed by atoms with Crippen LogP contribution in [0.25, 0.3) is 5.57 Å². The number of ketones is 1. The van der Waals surface area contributed by atoms with Gasteiger partial charge in [0.1, 0.15) is 6.10 Å². The quantitative estimate of drug-likeness (QED) is 0.188. The first-order chi connectivity index (χ1) is 20.1. The van der Waals surface area contributed by atoms with Crippen molar-refractivity contribution in [2.45, 2.75) is 83.6 Å². The Morgan fingerprint density at radius 3 is 2.14 bits per heavy atom. The van der Waals surface area contributed by atoms with Gasteiger partial charge in [-0.3, -0.25) is 9.59 Å². The van der Waals surface area contributed by atoms with Crippen molar-refractivity contribution in [1.82, 2.24) is 0 Å². The summed E-state index contributed by atoms with van der Waals surface area (Å²) >= 11 is 4.06. The molecule has 6 rings (SSSR count). The normalized spacial score (nSPS) is 37.7. The molecule has 0 N–H and O–H groups in total. The predicted octanol–water partition coefficient (Wildman–Crippen LogP) is 9.21. The topological polar surface area (TPSA) is 43.4 Å². The highest BCUT2D eigenvalue weighted by Gasteiger charge is 2.66. The van der Waals surface area contributed by atoms with Crippen molar-refractivity contribution >= 4 is 33.3 Å². The van der Waals surface area contributed by atoms with Crippen LogP contribution in [-0.4, -0.2) is 22.7 Å². The Bertz CT molecular complexity index is 1340. The number of alkyl halides is 1. The van der Waals surface area contributed by atoms with Gasteiger partial charge in [-0.25, -0.2) is 0 Å². The molecule has 2 aromatic rings. The smallest absolute Gasteiger partial charge is 0.302 e. The highest BCUT2D eigenvalue weighted by molar-refractivity contribution is 9.10. The molecule has 4 aliphatic rings. The lowest BCUT2D eigenvalue weighted by Crippen LogP contribution is -2.62. The molecule has 0 bridgehead atoms. The fourth-order valence-corrected chi connectivity index (χ4v) is 10.9. The molecular weight excluding hydrogens is 584 g/mol. The SMILES string of the molecule is CC(=O)O[C@H]1CC[C@@]2(C)[C@@H](CC[C@@H]3[C@@H]2C(=O)[C@@H](Br)[C@]2(C)[C@@H](/C(C)=C\C=C(c4ccccc4)c4ccccc4)CC[C@@H]32)C1. The Labute approximate surface area is 260 Å². The van der Waals surface area contributed by atoms with Gasteiger partial charge in [0.2, 0.25) is 0 Å². The van der Waals surface area contributed by atoms with Crippen molar-refractivity contribution in [1.29, 1.82) is 0 Å². The van der Waals surface area contributed by atoms with E-state index in [1.165, 1.54) is 35.6 Å². The van der Waals surface area contributed by atoms with Crippen LogP contribution in [0.1, 0.15) is 83.8 Å². The van der Waals surface area contributed by atoms with Crippen LogP contribution in [0.5, 0.6) is 0 Å². The van der Waals surface area contributed by atoms with Gasteiger partial charge in [-0.05, 0) is 103 Å². The molecular formula is C38H45BrO3. The molecule has 42 heavy (non-hydrogen) atoms. The van der Waals surface area contributed by atoms with Crippen LogP contribution in [0.2, 0.25) is 0 Å². The Hall–Kier alpha value is -2.46. The summed E-state index contributed by atoms with van der Waals surface area (Å²) in [5, 5.41) is 0. The van der Waals surface area contributed by atoms with Crippen molar-refractivity contribution in [2.75, 3.05) is 0 Å². The number of hydrogen-bond acceptors (Lipinski definition) is 3. The molecule has 0 aliphatic heterocycles. The number of halogens is 1. The van der Waals surface area contributed by atoms with E-state index in [1.807, 2.05) is 0 Å². The van der Waals surface area contributed by atoms with E-state index in [4.69, 9.17) is 4.74 Å². The Morgan fingerprint density at radius 2 is 1.52 bits per heavy atom. The zero-order chi connectivity index (χ0) is 29.6. The van der Waals surface area contributed by atoms with Crippen molar-refractivity contribution in [3.05, 3.63) is 89.5 Å². The maximum Gasteiger partial charge on any atom is 0.302 e. The largest absolute Gasteiger partial charge is 0.463 e. The van der Waals surface area contributed by atoms with E-state index in [0.717, 1.165) is 38.5 Å². The summed E-state index contributed by atoms with van der Waals surface area (Å²) in [5.41, 5.74) is 4.93. The summed E-state index contributed by atoms with van der Waals surface area (Å²) < 4.78 is 5.65. The van der Waals surface area contributed by atoms with Crippen molar-refractivity contribution in [3.8, 4) is 0 Å². The van der Waals surface area contributed by atoms with Gasteiger partial charge in [0.05, 0.1) is 4.83 Å². The lowest BCUT2D eigenvalue weighted by molar-refractivity contribution is -0.167. The summed E-state index contributed by atoms with van der Waals surface area (Å²) in [6.45, 7) is 8.59. The second-order valence-electron chi connectivity index (χ2n) is 14.0. The van der Waals surface area contributed by atoms with Gasteiger partial charge in [-0.2, -0.15) is 0 Å². The third kappa shape index (κ3) is 4.96. The van der Waals surface area contributed by atoms with Crippen LogP contribution in [0.15, 0.2) is 78.4 Å². The standard InChI is InChI=1S/C38H45BrO3/c1-24(15-17-30(26-11-7-5-8-12-26)27-13-9-6-10-14-27)32-19-20-33-31-18-16-28-23-29(42-25(2)40)21-22-37(28,3)34(31)35(41)36(39)38(32,33)4/h5-15,17,28-29,31-34,36H,16,18-23H2,1-4H3/b24-15-/t28-,29-,31-,32+,33-,34+,36+,37-,38+/m0/s1. The molecule has 3 nitrogen and oxygen atoms in total. The minimum atomic E-state index is -0.183. The van der Waals surface area contributed by atoms with Crippen LogP contribution >= 0.6 is 15.9 Å². The first-order valence-electron chi connectivity index (χ1n) is 16.0. The number of carbonyl (C=O) groups is 2. The molecule has 0 aromatic heterocycles. The van der Waals surface area contributed by atoms with E-state index < -0.39 is 0 Å². The Kier molecular flexibility index (Phi) is 8.15. The number of allylic oxidation sites excluding steroid dienone is 3. The fourth-order valence-electron chi connectivity index (χ4n) is 9.97. The lowest BCUT2D eigenvalue weighted by atomic mass is 9.44. The number of ether oxygens (including phenoxy) is 1. The molecule has 4 saturated carbocycles. The van der Waals surface area contributed by atoms with Crippen LogP contribution in [0, 0.1) is 40.4 Å². The predicted molar refractivity (Wildman–Crippen MR) is 173 cm³/mol. The molecule has 222 valence electrons. The average Bonchev–Trinajstić information content (AvgIpc) is 3.35. The third-order valence-electron chi connectivity index (χ3n) is 12.0. The van der Waals surface area contributed by atoms with Crippen molar-refractivity contribution < 1.29 is 14.3 Å². The summed E-state index contributed by atoms with van der Waals surface area (Å²) in [7, 11) is 0. The average molecular weight is 630 g/mol. The molecule has 0 radical (unpaired) electrons. The molecule has 2 aromatic carbocycles. The number of fused-ring (bicyclic) bond motifs is 5. The molecule has 0 unspecified atom stereocenters. The Balaban J connectivity index is 1.29. The molecule has 4 heteroatoms. The second kappa shape index (κ2) is 11.6. The number of benzene rings is 2. The summed E-state index contributed by atoms with van der Waals surface area (Å²) in [5.74, 6) is 2.14. The number of esters is 1. The minimum absolute atomic E-state index is 0.00399. The number of carbonyl (C=O) groups excluding carboxylic acids is 2. The molecule has 9 atom stereocenters. The number of hydrogen-bond donors (Lipinski definition) is 0. The van der Waals surface area contributed by atoms with Crippen LogP contribution in [0.4, 0.5) is 0 Å². The number of rotatable bonds is 5. The summed E-state index contributed by atoms with van der Waals surface area (Å²) in [6, 6.07) is 21.3.